The molecular formula is C17H13Br2N3. The Morgan fingerprint density at radius 3 is 2.41 bits per heavy atom. The molecule has 0 saturated carbocycles. The van der Waals surface area contributed by atoms with Gasteiger partial charge in [0.1, 0.15) is 11.9 Å². The molecule has 0 atom stereocenters. The predicted octanol–water partition coefficient (Wildman–Crippen LogP) is 0.839. The van der Waals surface area contributed by atoms with Gasteiger partial charge in [0.25, 0.3) is 0 Å². The minimum Gasteiger partial charge on any atom is -1.00 e. The van der Waals surface area contributed by atoms with E-state index in [1.165, 1.54) is 10.8 Å². The van der Waals surface area contributed by atoms with Crippen molar-refractivity contribution in [2.75, 3.05) is 0 Å². The number of pyridine rings is 1. The number of hydrogen-bond acceptors (Lipinski definition) is 1. The normalized spacial score (nSPS) is 10.8. The SMILES string of the molecule is Cc1nn(-c2ccc(Br)cc2)[n+]2cc3ccccc3cc12.[Br-]. The Morgan fingerprint density at radius 1 is 1.00 bits per heavy atom. The molecule has 0 saturated heterocycles. The van der Waals surface area contributed by atoms with Crippen molar-refractivity contribution in [3.05, 3.63) is 71.0 Å². The highest BCUT2D eigenvalue weighted by molar-refractivity contribution is 9.10. The molecule has 0 bridgehead atoms. The topological polar surface area (TPSA) is 21.9 Å². The maximum absolute atomic E-state index is 4.68. The first-order valence-electron chi connectivity index (χ1n) is 6.78. The van der Waals surface area contributed by atoms with Gasteiger partial charge in [0.15, 0.2) is 0 Å². The lowest BCUT2D eigenvalue weighted by Crippen LogP contribution is -3.00. The number of aryl methyl sites for hydroxylation is 1. The maximum Gasteiger partial charge on any atom is 0.224 e. The van der Waals surface area contributed by atoms with Gasteiger partial charge in [0, 0.05) is 21.9 Å². The number of aromatic nitrogens is 3. The molecule has 4 aromatic rings. The molecule has 110 valence electrons. The molecule has 0 aliphatic carbocycles. The highest BCUT2D eigenvalue weighted by Crippen LogP contribution is 2.17. The third-order valence-corrected chi connectivity index (χ3v) is 4.20. The lowest BCUT2D eigenvalue weighted by Gasteiger charge is -1.99. The van der Waals surface area contributed by atoms with Gasteiger partial charge >= 0.3 is 0 Å². The predicted molar refractivity (Wildman–Crippen MR) is 86.7 cm³/mol. The Labute approximate surface area is 147 Å². The average Bonchev–Trinajstić information content (AvgIpc) is 2.83. The molecule has 0 aliphatic rings. The molecule has 4 rings (SSSR count). The van der Waals surface area contributed by atoms with E-state index in [0.717, 1.165) is 21.4 Å². The van der Waals surface area contributed by atoms with Gasteiger partial charge in [-0.15, -0.1) is 4.52 Å². The van der Waals surface area contributed by atoms with Crippen molar-refractivity contribution in [1.29, 1.82) is 0 Å². The van der Waals surface area contributed by atoms with Crippen molar-refractivity contribution in [3.63, 3.8) is 0 Å². The van der Waals surface area contributed by atoms with Crippen LogP contribution in [0.2, 0.25) is 0 Å². The van der Waals surface area contributed by atoms with Crippen LogP contribution >= 0.6 is 15.9 Å². The Balaban J connectivity index is 0.00000144. The number of halogens is 2. The van der Waals surface area contributed by atoms with Crippen molar-refractivity contribution >= 4 is 32.2 Å². The van der Waals surface area contributed by atoms with Crippen LogP contribution in [-0.2, 0) is 0 Å². The van der Waals surface area contributed by atoms with E-state index in [4.69, 9.17) is 0 Å². The van der Waals surface area contributed by atoms with Crippen LogP contribution in [0.4, 0.5) is 0 Å². The lowest BCUT2D eigenvalue weighted by molar-refractivity contribution is -0.602. The molecule has 2 aromatic carbocycles. The second-order valence-electron chi connectivity index (χ2n) is 5.08. The van der Waals surface area contributed by atoms with E-state index in [-0.39, 0.29) is 17.0 Å². The summed E-state index contributed by atoms with van der Waals surface area (Å²) in [4.78, 5) is 1.93. The van der Waals surface area contributed by atoms with Crippen molar-refractivity contribution in [3.8, 4) is 5.69 Å². The second-order valence-corrected chi connectivity index (χ2v) is 6.00. The molecule has 0 fully saturated rings. The lowest BCUT2D eigenvalue weighted by atomic mass is 10.1. The number of nitrogens with zero attached hydrogens (tertiary/aromatic N) is 3. The van der Waals surface area contributed by atoms with E-state index < -0.39 is 0 Å². The van der Waals surface area contributed by atoms with Crippen molar-refractivity contribution in [1.82, 2.24) is 9.90 Å². The first-order valence-corrected chi connectivity index (χ1v) is 7.58. The van der Waals surface area contributed by atoms with Gasteiger partial charge < -0.3 is 17.0 Å². The molecule has 5 heteroatoms. The van der Waals surface area contributed by atoms with Gasteiger partial charge in [-0.1, -0.05) is 40.2 Å². The molecule has 3 nitrogen and oxygen atoms in total. The van der Waals surface area contributed by atoms with E-state index in [0.29, 0.717) is 0 Å². The summed E-state index contributed by atoms with van der Waals surface area (Å²) >= 11 is 3.47. The fourth-order valence-corrected chi connectivity index (χ4v) is 2.86. The molecular weight excluding hydrogens is 406 g/mol. The van der Waals surface area contributed by atoms with Gasteiger partial charge in [-0.05, 0) is 40.5 Å². The van der Waals surface area contributed by atoms with Gasteiger partial charge in [0.2, 0.25) is 11.2 Å². The third kappa shape index (κ3) is 2.44. The maximum atomic E-state index is 4.68. The number of fused-ring (bicyclic) bond motifs is 2. The van der Waals surface area contributed by atoms with Crippen LogP contribution < -0.4 is 21.5 Å². The summed E-state index contributed by atoms with van der Waals surface area (Å²) in [6.07, 6.45) is 2.13. The average molecular weight is 419 g/mol. The Morgan fingerprint density at radius 2 is 1.68 bits per heavy atom. The van der Waals surface area contributed by atoms with Crippen LogP contribution in [0.1, 0.15) is 5.69 Å². The first-order chi connectivity index (χ1) is 10.2. The van der Waals surface area contributed by atoms with Gasteiger partial charge in [0.05, 0.1) is 0 Å². The minimum absolute atomic E-state index is 0. The number of rotatable bonds is 1. The van der Waals surface area contributed by atoms with E-state index in [1.54, 1.807) is 0 Å². The number of benzene rings is 2. The molecule has 2 aromatic heterocycles. The summed E-state index contributed by atoms with van der Waals surface area (Å²) < 4.78 is 3.16. The van der Waals surface area contributed by atoms with Crippen LogP contribution in [0.5, 0.6) is 0 Å². The minimum atomic E-state index is 0. The zero-order valence-electron chi connectivity index (χ0n) is 11.9. The van der Waals surface area contributed by atoms with E-state index in [2.05, 4.69) is 74.2 Å². The van der Waals surface area contributed by atoms with Crippen LogP contribution in [0.25, 0.3) is 22.0 Å². The monoisotopic (exact) mass is 417 g/mol. The highest BCUT2D eigenvalue weighted by Gasteiger charge is 2.18. The smallest absolute Gasteiger partial charge is 0.224 e. The first kappa shape index (κ1) is 15.2. The summed E-state index contributed by atoms with van der Waals surface area (Å²) in [7, 11) is 0. The molecule has 0 radical (unpaired) electrons. The molecule has 0 aliphatic heterocycles. The third-order valence-electron chi connectivity index (χ3n) is 3.67. The molecule has 0 amide bonds. The van der Waals surface area contributed by atoms with Gasteiger partial charge in [-0.25, -0.2) is 0 Å². The summed E-state index contributed by atoms with van der Waals surface area (Å²) in [5, 5.41) is 7.11. The zero-order valence-corrected chi connectivity index (χ0v) is 15.0. The van der Waals surface area contributed by atoms with Crippen molar-refractivity contribution < 1.29 is 21.5 Å². The summed E-state index contributed by atoms with van der Waals surface area (Å²) in [6.45, 7) is 2.04. The van der Waals surface area contributed by atoms with Crippen molar-refractivity contribution in [2.24, 2.45) is 0 Å². The second kappa shape index (κ2) is 5.82. The van der Waals surface area contributed by atoms with Crippen LogP contribution in [0, 0.1) is 6.92 Å². The quantitative estimate of drug-likeness (QED) is 0.420. The van der Waals surface area contributed by atoms with Gasteiger partial charge in [-0.3, -0.25) is 0 Å². The molecule has 22 heavy (non-hydrogen) atoms. The highest BCUT2D eigenvalue weighted by atomic mass is 79.9. The Hall–Kier alpha value is -1.72. The van der Waals surface area contributed by atoms with E-state index in [1.807, 2.05) is 23.9 Å². The fourth-order valence-electron chi connectivity index (χ4n) is 2.60. The Kier molecular flexibility index (Phi) is 4.02. The number of hydrogen-bond donors (Lipinski definition) is 0. The van der Waals surface area contributed by atoms with Crippen LogP contribution in [0.15, 0.2) is 65.3 Å². The summed E-state index contributed by atoms with van der Waals surface area (Å²) in [6, 6.07) is 18.7. The van der Waals surface area contributed by atoms with Gasteiger partial charge in [-0.2, -0.15) is 0 Å². The zero-order chi connectivity index (χ0) is 14.4. The Bertz CT molecular complexity index is 959. The van der Waals surface area contributed by atoms with E-state index >= 15 is 0 Å². The van der Waals surface area contributed by atoms with E-state index in [9.17, 15) is 0 Å². The molecule has 0 N–H and O–H groups in total. The van der Waals surface area contributed by atoms with Crippen LogP contribution in [-0.4, -0.2) is 9.90 Å². The molecule has 0 unspecified atom stereocenters. The van der Waals surface area contributed by atoms with Crippen LogP contribution in [0.3, 0.4) is 0 Å². The molecule has 2 heterocycles. The largest absolute Gasteiger partial charge is 1.00 e. The van der Waals surface area contributed by atoms with Crippen molar-refractivity contribution in [2.45, 2.75) is 6.92 Å². The standard InChI is InChI=1S/C17H13BrN3.BrH/c1-12-17-10-13-4-2-3-5-14(13)11-20(17)21(19-12)16-8-6-15(18)7-9-16;/h2-11H,1H3;1H/q+1;/p-1. The molecule has 0 spiro atoms. The summed E-state index contributed by atoms with van der Waals surface area (Å²) in [5.41, 5.74) is 3.18. The summed E-state index contributed by atoms with van der Waals surface area (Å²) in [5.74, 6) is 0. The fraction of sp³-hybridized carbons (Fsp3) is 0.0588.